The van der Waals surface area contributed by atoms with Gasteiger partial charge >= 0.3 is 0 Å². The van der Waals surface area contributed by atoms with E-state index in [4.69, 9.17) is 5.73 Å². The maximum Gasteiger partial charge on any atom is 0.241 e. The number of halogens is 1. The highest BCUT2D eigenvalue weighted by molar-refractivity contribution is 6.01. The standard InChI is InChI=1S/C16H16FN5O/c1-11(23)22-16(18,9-12-4-6-14(17)7-5-12)20-15(21-22)13-3-2-8-19-10-13/h2-8,10H,9,18H2,1H3,(H,20,21). The van der Waals surface area contributed by atoms with Crippen molar-refractivity contribution in [1.29, 1.82) is 0 Å². The van der Waals surface area contributed by atoms with Crippen LogP contribution in [-0.4, -0.2) is 27.5 Å². The van der Waals surface area contributed by atoms with Crippen molar-refractivity contribution in [2.45, 2.75) is 19.1 Å². The van der Waals surface area contributed by atoms with Gasteiger partial charge in [0.25, 0.3) is 0 Å². The van der Waals surface area contributed by atoms with Gasteiger partial charge in [-0.25, -0.2) is 14.4 Å². The third-order valence-corrected chi connectivity index (χ3v) is 3.54. The van der Waals surface area contributed by atoms with E-state index in [0.29, 0.717) is 5.84 Å². The predicted molar refractivity (Wildman–Crippen MR) is 83.5 cm³/mol. The Hall–Kier alpha value is -2.80. The zero-order valence-corrected chi connectivity index (χ0v) is 12.5. The Balaban J connectivity index is 1.94. The molecule has 2 heterocycles. The fourth-order valence-corrected chi connectivity index (χ4v) is 2.48. The molecular formula is C16H16FN5O. The molecule has 0 aliphatic carbocycles. The second-order valence-electron chi connectivity index (χ2n) is 5.35. The molecule has 0 fully saturated rings. The van der Waals surface area contributed by atoms with Gasteiger partial charge in [0, 0.05) is 31.3 Å². The van der Waals surface area contributed by atoms with E-state index in [-0.39, 0.29) is 18.1 Å². The number of carbonyl (C=O) groups excluding carboxylic acids is 1. The van der Waals surface area contributed by atoms with Crippen LogP contribution in [0.15, 0.2) is 53.8 Å². The molecule has 6 nitrogen and oxygen atoms in total. The Morgan fingerprint density at radius 3 is 2.70 bits per heavy atom. The van der Waals surface area contributed by atoms with Crippen LogP contribution in [0.3, 0.4) is 0 Å². The quantitative estimate of drug-likeness (QED) is 0.891. The van der Waals surface area contributed by atoms with Crippen LogP contribution in [0.5, 0.6) is 0 Å². The van der Waals surface area contributed by atoms with E-state index < -0.39 is 5.79 Å². The van der Waals surface area contributed by atoms with Crippen LogP contribution in [0.2, 0.25) is 0 Å². The summed E-state index contributed by atoms with van der Waals surface area (Å²) in [5.74, 6) is -1.41. The number of amidine groups is 1. The minimum Gasteiger partial charge on any atom is -0.288 e. The topological polar surface area (TPSA) is 83.6 Å². The number of carbonyl (C=O) groups is 1. The fourth-order valence-electron chi connectivity index (χ4n) is 2.48. The Kier molecular flexibility index (Phi) is 3.79. The number of hydrogen-bond donors (Lipinski definition) is 2. The maximum absolute atomic E-state index is 13.0. The van der Waals surface area contributed by atoms with Crippen LogP contribution in [0.1, 0.15) is 18.1 Å². The molecule has 1 aliphatic rings. The summed E-state index contributed by atoms with van der Waals surface area (Å²) < 4.78 is 13.0. The number of hydrogen-bond acceptors (Lipinski definition) is 5. The molecule has 1 aromatic heterocycles. The molecule has 3 N–H and O–H groups in total. The molecule has 0 bridgehead atoms. The SMILES string of the molecule is CC(=O)N1NC(c2cccnc2)=NC1(N)Cc1ccc(F)cc1. The van der Waals surface area contributed by atoms with Crippen molar-refractivity contribution in [1.82, 2.24) is 15.4 Å². The van der Waals surface area contributed by atoms with Gasteiger partial charge in [-0.05, 0) is 29.8 Å². The molecule has 118 valence electrons. The summed E-state index contributed by atoms with van der Waals surface area (Å²) in [6.07, 6.45) is 3.54. The van der Waals surface area contributed by atoms with Gasteiger partial charge < -0.3 is 0 Å². The number of nitrogens with zero attached hydrogens (tertiary/aromatic N) is 3. The first kappa shape index (κ1) is 15.1. The third-order valence-electron chi connectivity index (χ3n) is 3.54. The number of amides is 1. The zero-order chi connectivity index (χ0) is 16.4. The van der Waals surface area contributed by atoms with Crippen LogP contribution in [0.4, 0.5) is 4.39 Å². The van der Waals surface area contributed by atoms with Crippen LogP contribution in [0, 0.1) is 5.82 Å². The maximum atomic E-state index is 13.0. The smallest absolute Gasteiger partial charge is 0.241 e. The van der Waals surface area contributed by atoms with Crippen molar-refractivity contribution in [2.24, 2.45) is 10.7 Å². The van der Waals surface area contributed by atoms with Gasteiger partial charge in [0.1, 0.15) is 5.82 Å². The Labute approximate surface area is 132 Å². The minimum atomic E-state index is -1.28. The molecule has 1 aliphatic heterocycles. The summed E-state index contributed by atoms with van der Waals surface area (Å²) >= 11 is 0. The zero-order valence-electron chi connectivity index (χ0n) is 12.5. The summed E-state index contributed by atoms with van der Waals surface area (Å²) in [7, 11) is 0. The fraction of sp³-hybridized carbons (Fsp3) is 0.188. The average molecular weight is 313 g/mol. The molecule has 1 amide bonds. The first-order valence-corrected chi connectivity index (χ1v) is 7.09. The number of nitrogens with one attached hydrogen (secondary N) is 1. The average Bonchev–Trinajstić information content (AvgIpc) is 2.88. The highest BCUT2D eigenvalue weighted by Crippen LogP contribution is 2.22. The molecule has 0 saturated carbocycles. The Morgan fingerprint density at radius 2 is 2.09 bits per heavy atom. The summed E-state index contributed by atoms with van der Waals surface area (Å²) in [5, 5.41) is 1.28. The van der Waals surface area contributed by atoms with Crippen LogP contribution >= 0.6 is 0 Å². The lowest BCUT2D eigenvalue weighted by molar-refractivity contribution is -0.136. The van der Waals surface area contributed by atoms with E-state index in [9.17, 15) is 9.18 Å². The van der Waals surface area contributed by atoms with E-state index in [0.717, 1.165) is 11.1 Å². The van der Waals surface area contributed by atoms with Gasteiger partial charge in [0.05, 0.1) is 0 Å². The second-order valence-corrected chi connectivity index (χ2v) is 5.35. The molecule has 0 spiro atoms. The highest BCUT2D eigenvalue weighted by Gasteiger charge is 2.41. The van der Waals surface area contributed by atoms with Gasteiger partial charge in [-0.3, -0.25) is 20.9 Å². The van der Waals surface area contributed by atoms with E-state index in [2.05, 4.69) is 15.4 Å². The van der Waals surface area contributed by atoms with Crippen molar-refractivity contribution in [2.75, 3.05) is 0 Å². The van der Waals surface area contributed by atoms with Gasteiger partial charge in [0.15, 0.2) is 5.84 Å². The number of hydrazine groups is 1. The minimum absolute atomic E-state index is 0.254. The molecular weight excluding hydrogens is 297 g/mol. The first-order valence-electron chi connectivity index (χ1n) is 7.09. The molecule has 1 aromatic carbocycles. The first-order chi connectivity index (χ1) is 11.0. The third kappa shape index (κ3) is 3.04. The van der Waals surface area contributed by atoms with Crippen LogP contribution in [0.25, 0.3) is 0 Å². The monoisotopic (exact) mass is 313 g/mol. The number of pyridine rings is 1. The second kappa shape index (κ2) is 5.77. The van der Waals surface area contributed by atoms with Crippen molar-refractivity contribution < 1.29 is 9.18 Å². The van der Waals surface area contributed by atoms with Gasteiger partial charge in [-0.15, -0.1) is 0 Å². The normalized spacial score (nSPS) is 20.1. The van der Waals surface area contributed by atoms with Crippen LogP contribution in [-0.2, 0) is 11.2 Å². The van der Waals surface area contributed by atoms with E-state index in [1.54, 1.807) is 30.6 Å². The summed E-state index contributed by atoms with van der Waals surface area (Å²) in [6.45, 7) is 1.40. The largest absolute Gasteiger partial charge is 0.288 e. The van der Waals surface area contributed by atoms with Gasteiger partial charge in [-0.1, -0.05) is 12.1 Å². The number of rotatable bonds is 3. The summed E-state index contributed by atoms with van der Waals surface area (Å²) in [6, 6.07) is 9.55. The van der Waals surface area contributed by atoms with Crippen LogP contribution < -0.4 is 11.2 Å². The van der Waals surface area contributed by atoms with Crippen molar-refractivity contribution >= 4 is 11.7 Å². The van der Waals surface area contributed by atoms with Crippen molar-refractivity contribution in [3.8, 4) is 0 Å². The number of nitrogens with two attached hydrogens (primary N) is 1. The predicted octanol–water partition coefficient (Wildman–Crippen LogP) is 1.19. The molecule has 2 aromatic rings. The molecule has 23 heavy (non-hydrogen) atoms. The van der Waals surface area contributed by atoms with E-state index in [1.165, 1.54) is 24.1 Å². The lowest BCUT2D eigenvalue weighted by Crippen LogP contribution is -2.59. The Morgan fingerprint density at radius 1 is 1.35 bits per heavy atom. The lowest BCUT2D eigenvalue weighted by Gasteiger charge is -2.31. The molecule has 7 heteroatoms. The van der Waals surface area contributed by atoms with E-state index >= 15 is 0 Å². The summed E-state index contributed by atoms with van der Waals surface area (Å²) in [4.78, 5) is 20.4. The molecule has 0 saturated heterocycles. The van der Waals surface area contributed by atoms with Crippen molar-refractivity contribution in [3.63, 3.8) is 0 Å². The molecule has 1 atom stereocenters. The highest BCUT2D eigenvalue weighted by atomic mass is 19.1. The van der Waals surface area contributed by atoms with Crippen molar-refractivity contribution in [3.05, 3.63) is 65.7 Å². The van der Waals surface area contributed by atoms with Gasteiger partial charge in [-0.2, -0.15) is 0 Å². The molecule has 0 radical (unpaired) electrons. The lowest BCUT2D eigenvalue weighted by atomic mass is 10.1. The molecule has 1 unspecified atom stereocenters. The number of benzene rings is 1. The molecule has 3 rings (SSSR count). The number of aromatic nitrogens is 1. The van der Waals surface area contributed by atoms with Gasteiger partial charge in [0.2, 0.25) is 11.7 Å². The Bertz CT molecular complexity index is 747. The van der Waals surface area contributed by atoms with E-state index in [1.807, 2.05) is 6.07 Å². The number of aliphatic imine (C=N–C) groups is 1. The summed E-state index contributed by atoms with van der Waals surface area (Å²) in [5.41, 5.74) is 10.8.